The maximum atomic E-state index is 11.7. The van der Waals surface area contributed by atoms with Crippen LogP contribution in [0.5, 0.6) is 0 Å². The summed E-state index contributed by atoms with van der Waals surface area (Å²) >= 11 is 0. The molecule has 0 unspecified atom stereocenters. The van der Waals surface area contributed by atoms with Crippen molar-refractivity contribution in [2.24, 2.45) is 0 Å². The van der Waals surface area contributed by atoms with Gasteiger partial charge in [0.2, 0.25) is 5.91 Å². The predicted octanol–water partition coefficient (Wildman–Crippen LogP) is 2.19. The number of esters is 1. The lowest BCUT2D eigenvalue weighted by Gasteiger charge is -2.05. The first kappa shape index (κ1) is 13.3. The normalized spacial score (nSPS) is 10.6. The number of fused-ring (bicyclic) bond motifs is 1. The highest BCUT2D eigenvalue weighted by Crippen LogP contribution is 2.16. The highest BCUT2D eigenvalue weighted by atomic mass is 16.5. The zero-order valence-corrected chi connectivity index (χ0v) is 11.0. The van der Waals surface area contributed by atoms with Crippen molar-refractivity contribution in [3.8, 4) is 0 Å². The SMILES string of the molecule is CC(=O)OCCCc1nc2ccccc2n1C(C)=O. The van der Waals surface area contributed by atoms with Crippen LogP contribution in [-0.4, -0.2) is 28.0 Å². The van der Waals surface area contributed by atoms with Crippen molar-refractivity contribution in [2.45, 2.75) is 26.7 Å². The minimum absolute atomic E-state index is 0.0591. The Morgan fingerprint density at radius 2 is 2.00 bits per heavy atom. The molecule has 19 heavy (non-hydrogen) atoms. The van der Waals surface area contributed by atoms with E-state index in [2.05, 4.69) is 4.98 Å². The maximum absolute atomic E-state index is 11.7. The average molecular weight is 260 g/mol. The molecule has 0 radical (unpaired) electrons. The van der Waals surface area contributed by atoms with Crippen molar-refractivity contribution in [2.75, 3.05) is 6.61 Å². The van der Waals surface area contributed by atoms with Gasteiger partial charge in [0.15, 0.2) is 0 Å². The number of hydrogen-bond donors (Lipinski definition) is 0. The lowest BCUT2D eigenvalue weighted by molar-refractivity contribution is -0.141. The van der Waals surface area contributed by atoms with E-state index in [0.717, 1.165) is 11.0 Å². The van der Waals surface area contributed by atoms with Gasteiger partial charge in [-0.15, -0.1) is 0 Å². The van der Waals surface area contributed by atoms with Gasteiger partial charge < -0.3 is 4.74 Å². The number of nitrogens with zero attached hydrogens (tertiary/aromatic N) is 2. The minimum Gasteiger partial charge on any atom is -0.466 e. The summed E-state index contributed by atoms with van der Waals surface area (Å²) in [7, 11) is 0. The number of imidazole rings is 1. The average Bonchev–Trinajstić information content (AvgIpc) is 2.72. The van der Waals surface area contributed by atoms with E-state index < -0.39 is 0 Å². The van der Waals surface area contributed by atoms with Crippen LogP contribution >= 0.6 is 0 Å². The van der Waals surface area contributed by atoms with Crippen LogP contribution in [-0.2, 0) is 16.0 Å². The van der Waals surface area contributed by atoms with E-state index in [1.807, 2.05) is 24.3 Å². The van der Waals surface area contributed by atoms with Gasteiger partial charge in [-0.1, -0.05) is 12.1 Å². The zero-order valence-electron chi connectivity index (χ0n) is 11.0. The lowest BCUT2D eigenvalue weighted by Crippen LogP contribution is -2.11. The van der Waals surface area contributed by atoms with Crippen LogP contribution in [0.3, 0.4) is 0 Å². The molecule has 5 nitrogen and oxygen atoms in total. The van der Waals surface area contributed by atoms with E-state index in [9.17, 15) is 9.59 Å². The Morgan fingerprint density at radius 3 is 2.68 bits per heavy atom. The van der Waals surface area contributed by atoms with Crippen LogP contribution < -0.4 is 0 Å². The molecule has 2 aromatic rings. The molecular formula is C14H16N2O3. The molecule has 5 heteroatoms. The number of rotatable bonds is 4. The number of hydrogen-bond acceptors (Lipinski definition) is 4. The summed E-state index contributed by atoms with van der Waals surface area (Å²) in [6, 6.07) is 7.53. The Labute approximate surface area is 111 Å². The van der Waals surface area contributed by atoms with Gasteiger partial charge in [0.05, 0.1) is 17.6 Å². The number of aryl methyl sites for hydroxylation is 1. The van der Waals surface area contributed by atoms with Gasteiger partial charge in [-0.25, -0.2) is 4.98 Å². The van der Waals surface area contributed by atoms with Crippen molar-refractivity contribution < 1.29 is 14.3 Å². The number of benzene rings is 1. The molecule has 2 rings (SSSR count). The lowest BCUT2D eigenvalue weighted by atomic mass is 10.3. The smallest absolute Gasteiger partial charge is 0.302 e. The maximum Gasteiger partial charge on any atom is 0.302 e. The van der Waals surface area contributed by atoms with Gasteiger partial charge in [0, 0.05) is 20.3 Å². The van der Waals surface area contributed by atoms with Gasteiger partial charge in [-0.05, 0) is 18.6 Å². The van der Waals surface area contributed by atoms with Crippen molar-refractivity contribution in [1.82, 2.24) is 9.55 Å². The molecule has 0 atom stereocenters. The van der Waals surface area contributed by atoms with Gasteiger partial charge in [0.25, 0.3) is 0 Å². The summed E-state index contributed by atoms with van der Waals surface area (Å²) in [5.41, 5.74) is 1.62. The van der Waals surface area contributed by atoms with Crippen molar-refractivity contribution in [3.05, 3.63) is 30.1 Å². The van der Waals surface area contributed by atoms with E-state index in [-0.39, 0.29) is 11.9 Å². The molecule has 0 spiro atoms. The summed E-state index contributed by atoms with van der Waals surface area (Å²) in [4.78, 5) is 26.8. The van der Waals surface area contributed by atoms with Crippen LogP contribution in [0.1, 0.15) is 30.9 Å². The Balaban J connectivity index is 2.20. The fourth-order valence-electron chi connectivity index (χ4n) is 2.04. The number of ether oxygens (including phenoxy) is 1. The third-order valence-corrected chi connectivity index (χ3v) is 2.80. The first-order chi connectivity index (χ1) is 9.09. The van der Waals surface area contributed by atoms with E-state index in [4.69, 9.17) is 4.74 Å². The molecular weight excluding hydrogens is 244 g/mol. The van der Waals surface area contributed by atoms with Crippen LogP contribution in [0.25, 0.3) is 11.0 Å². The Morgan fingerprint density at radius 1 is 1.26 bits per heavy atom. The Bertz CT molecular complexity index is 616. The quantitative estimate of drug-likeness (QED) is 0.624. The molecule has 1 heterocycles. The predicted molar refractivity (Wildman–Crippen MR) is 71.0 cm³/mol. The Kier molecular flexibility index (Phi) is 3.94. The fraction of sp³-hybridized carbons (Fsp3) is 0.357. The summed E-state index contributed by atoms with van der Waals surface area (Å²) < 4.78 is 6.49. The number of aromatic nitrogens is 2. The van der Waals surface area contributed by atoms with Crippen LogP contribution in [0.2, 0.25) is 0 Å². The molecule has 0 saturated heterocycles. The summed E-state index contributed by atoms with van der Waals surface area (Å²) in [6.07, 6.45) is 1.25. The second-order valence-electron chi connectivity index (χ2n) is 4.31. The number of carbonyl (C=O) groups is 2. The summed E-state index contributed by atoms with van der Waals surface area (Å²) in [6.45, 7) is 3.24. The van der Waals surface area contributed by atoms with E-state index in [1.165, 1.54) is 13.8 Å². The Hall–Kier alpha value is -2.17. The molecule has 0 aliphatic heterocycles. The van der Waals surface area contributed by atoms with Crippen LogP contribution in [0.15, 0.2) is 24.3 Å². The second-order valence-corrected chi connectivity index (χ2v) is 4.31. The topological polar surface area (TPSA) is 61.2 Å². The first-order valence-corrected chi connectivity index (χ1v) is 6.20. The van der Waals surface area contributed by atoms with E-state index in [0.29, 0.717) is 25.3 Å². The standard InChI is InChI=1S/C14H16N2O3/c1-10(17)16-13-7-4-3-6-12(13)15-14(16)8-5-9-19-11(2)18/h3-4,6-7H,5,8-9H2,1-2H3. The fourth-order valence-corrected chi connectivity index (χ4v) is 2.04. The van der Waals surface area contributed by atoms with Crippen molar-refractivity contribution in [3.63, 3.8) is 0 Å². The highest BCUT2D eigenvalue weighted by Gasteiger charge is 2.13. The zero-order chi connectivity index (χ0) is 13.8. The molecule has 1 aromatic heterocycles. The van der Waals surface area contributed by atoms with Gasteiger partial charge in [0.1, 0.15) is 5.82 Å². The molecule has 0 N–H and O–H groups in total. The minimum atomic E-state index is -0.292. The third kappa shape index (κ3) is 2.99. The second kappa shape index (κ2) is 5.65. The summed E-state index contributed by atoms with van der Waals surface area (Å²) in [5, 5.41) is 0. The van der Waals surface area contributed by atoms with Gasteiger partial charge in [-0.3, -0.25) is 14.2 Å². The molecule has 0 aliphatic rings. The largest absolute Gasteiger partial charge is 0.466 e. The van der Waals surface area contributed by atoms with Crippen molar-refractivity contribution >= 4 is 22.9 Å². The molecule has 0 bridgehead atoms. The molecule has 100 valence electrons. The highest BCUT2D eigenvalue weighted by molar-refractivity contribution is 5.89. The summed E-state index contributed by atoms with van der Waals surface area (Å²) in [5.74, 6) is 0.358. The van der Waals surface area contributed by atoms with Crippen LogP contribution in [0.4, 0.5) is 0 Å². The molecule has 0 saturated carbocycles. The number of carbonyl (C=O) groups excluding carboxylic acids is 2. The van der Waals surface area contributed by atoms with Gasteiger partial charge in [-0.2, -0.15) is 0 Å². The molecule has 1 aromatic carbocycles. The number of para-hydroxylation sites is 2. The van der Waals surface area contributed by atoms with Crippen LogP contribution in [0, 0.1) is 0 Å². The molecule has 0 amide bonds. The monoisotopic (exact) mass is 260 g/mol. The molecule has 0 aliphatic carbocycles. The first-order valence-electron chi connectivity index (χ1n) is 6.20. The molecule has 0 fully saturated rings. The van der Waals surface area contributed by atoms with E-state index >= 15 is 0 Å². The van der Waals surface area contributed by atoms with Gasteiger partial charge >= 0.3 is 5.97 Å². The van der Waals surface area contributed by atoms with E-state index in [1.54, 1.807) is 4.57 Å². The third-order valence-electron chi connectivity index (χ3n) is 2.80. The van der Waals surface area contributed by atoms with Crippen molar-refractivity contribution in [1.29, 1.82) is 0 Å².